The van der Waals surface area contributed by atoms with Gasteiger partial charge in [0.15, 0.2) is 0 Å². The molecule has 0 aliphatic carbocycles. The van der Waals surface area contributed by atoms with Crippen molar-refractivity contribution < 1.29 is 18.0 Å². The van der Waals surface area contributed by atoms with Crippen molar-refractivity contribution in [3.8, 4) is 0 Å². The average molecular weight is 519 g/mol. The largest absolute Gasteiger partial charge is 0.324 e. The van der Waals surface area contributed by atoms with E-state index in [0.717, 1.165) is 15.6 Å². The van der Waals surface area contributed by atoms with Gasteiger partial charge in [0.2, 0.25) is 15.9 Å². The van der Waals surface area contributed by atoms with E-state index < -0.39 is 27.9 Å². The van der Waals surface area contributed by atoms with Crippen LogP contribution >= 0.6 is 23.7 Å². The van der Waals surface area contributed by atoms with Gasteiger partial charge in [-0.15, -0.1) is 23.7 Å². The van der Waals surface area contributed by atoms with Gasteiger partial charge in [0.25, 0.3) is 5.91 Å². The summed E-state index contributed by atoms with van der Waals surface area (Å²) >= 11 is 1.43. The molecule has 0 unspecified atom stereocenters. The van der Waals surface area contributed by atoms with Gasteiger partial charge in [0, 0.05) is 24.5 Å². The third-order valence-corrected chi connectivity index (χ3v) is 8.11. The van der Waals surface area contributed by atoms with E-state index in [0.29, 0.717) is 35.8 Å². The van der Waals surface area contributed by atoms with Crippen LogP contribution in [0.1, 0.15) is 57.0 Å². The topological polar surface area (TPSA) is 99.7 Å². The number of hydrogen-bond donors (Lipinski definition) is 1. The van der Waals surface area contributed by atoms with Crippen LogP contribution in [0.25, 0.3) is 0 Å². The molecular weight excluding hydrogens is 484 g/mol. The van der Waals surface area contributed by atoms with E-state index in [-0.39, 0.29) is 30.8 Å². The Morgan fingerprint density at radius 1 is 1.21 bits per heavy atom. The Kier molecular flexibility index (Phi) is 8.76. The summed E-state index contributed by atoms with van der Waals surface area (Å²) in [7, 11) is -3.76. The maximum absolute atomic E-state index is 13.3. The molecule has 1 aromatic rings. The minimum Gasteiger partial charge on any atom is -0.324 e. The molecule has 3 heterocycles. The third kappa shape index (κ3) is 5.44. The number of carbonyl (C=O) groups is 2. The van der Waals surface area contributed by atoms with Crippen molar-refractivity contribution in [3.05, 3.63) is 27.9 Å². The zero-order chi connectivity index (χ0) is 24.0. The van der Waals surface area contributed by atoms with E-state index in [2.05, 4.69) is 38.0 Å². The molecular formula is C22H35ClN4O4S2. The fourth-order valence-electron chi connectivity index (χ4n) is 4.86. The second kappa shape index (κ2) is 10.4. The number of rotatable bonds is 8. The number of hydrogen-bond acceptors (Lipinski definition) is 7. The van der Waals surface area contributed by atoms with E-state index in [1.165, 1.54) is 11.3 Å². The molecule has 0 aromatic carbocycles. The molecule has 2 aliphatic rings. The first-order valence-electron chi connectivity index (χ1n) is 11.1. The van der Waals surface area contributed by atoms with Crippen molar-refractivity contribution in [2.45, 2.75) is 60.2 Å². The smallest absolute Gasteiger partial charge is 0.274 e. The Labute approximate surface area is 207 Å². The summed E-state index contributed by atoms with van der Waals surface area (Å²) in [5.74, 6) is -0.489. The molecule has 0 bridgehead atoms. The van der Waals surface area contributed by atoms with Gasteiger partial charge in [0.05, 0.1) is 23.9 Å². The summed E-state index contributed by atoms with van der Waals surface area (Å²) < 4.78 is 25.4. The lowest BCUT2D eigenvalue weighted by Crippen LogP contribution is -2.43. The first-order valence-corrected chi connectivity index (χ1v) is 13.8. The van der Waals surface area contributed by atoms with Crippen LogP contribution in [0.2, 0.25) is 0 Å². The fourth-order valence-corrected chi connectivity index (χ4v) is 6.60. The van der Waals surface area contributed by atoms with Crippen molar-refractivity contribution in [3.63, 3.8) is 0 Å². The van der Waals surface area contributed by atoms with E-state index in [4.69, 9.17) is 0 Å². The average Bonchev–Trinajstić information content (AvgIpc) is 3.33. The molecule has 1 aromatic heterocycles. The SMILES string of the molecule is CC(C)C(NCc1nc(C(=O)N2CC=C3[C@H]2[C@@H](C(C)C)C(=O)N3S(C)(=O)=O)cs1)C(C)C.Cl. The zero-order valence-corrected chi connectivity index (χ0v) is 22.7. The van der Waals surface area contributed by atoms with Crippen LogP contribution in [0.15, 0.2) is 17.2 Å². The zero-order valence-electron chi connectivity index (χ0n) is 20.2. The molecule has 1 N–H and O–H groups in total. The fraction of sp³-hybridized carbons (Fsp3) is 0.682. The second-order valence-corrected chi connectivity index (χ2v) is 12.5. The summed E-state index contributed by atoms with van der Waals surface area (Å²) in [6.07, 6.45) is 2.70. The van der Waals surface area contributed by atoms with Gasteiger partial charge >= 0.3 is 0 Å². The maximum atomic E-state index is 13.3. The number of nitrogens with one attached hydrogen (secondary N) is 1. The van der Waals surface area contributed by atoms with Crippen LogP contribution in [0, 0.1) is 23.7 Å². The summed E-state index contributed by atoms with van der Waals surface area (Å²) in [5, 5.41) is 6.11. The quantitative estimate of drug-likeness (QED) is 0.567. The highest BCUT2D eigenvalue weighted by atomic mass is 35.5. The van der Waals surface area contributed by atoms with E-state index >= 15 is 0 Å². The number of sulfonamides is 1. The highest BCUT2D eigenvalue weighted by Crippen LogP contribution is 2.41. The van der Waals surface area contributed by atoms with Crippen LogP contribution in [-0.4, -0.2) is 59.3 Å². The summed E-state index contributed by atoms with van der Waals surface area (Å²) in [4.78, 5) is 32.4. The molecule has 0 spiro atoms. The van der Waals surface area contributed by atoms with Gasteiger partial charge in [0.1, 0.15) is 10.7 Å². The molecule has 11 heteroatoms. The molecule has 0 saturated carbocycles. The Balaban J connectivity index is 0.00000385. The first-order chi connectivity index (χ1) is 14.8. The lowest BCUT2D eigenvalue weighted by Gasteiger charge is -2.28. The first kappa shape index (κ1) is 27.8. The molecule has 33 heavy (non-hydrogen) atoms. The number of aromatic nitrogens is 1. The molecule has 2 aliphatic heterocycles. The highest BCUT2D eigenvalue weighted by Gasteiger charge is 2.54. The van der Waals surface area contributed by atoms with Crippen LogP contribution < -0.4 is 5.32 Å². The Hall–Kier alpha value is -1.49. The van der Waals surface area contributed by atoms with Crippen LogP contribution in [0.3, 0.4) is 0 Å². The van der Waals surface area contributed by atoms with Crippen molar-refractivity contribution in [2.75, 3.05) is 12.8 Å². The summed E-state index contributed by atoms with van der Waals surface area (Å²) in [6, 6.07) is -0.235. The normalized spacial score (nSPS) is 20.8. The van der Waals surface area contributed by atoms with Gasteiger partial charge in [-0.25, -0.2) is 17.7 Å². The third-order valence-electron chi connectivity index (χ3n) is 6.20. The van der Waals surface area contributed by atoms with Gasteiger partial charge in [-0.3, -0.25) is 9.59 Å². The molecule has 0 radical (unpaired) electrons. The molecule has 1 saturated heterocycles. The van der Waals surface area contributed by atoms with Crippen molar-refractivity contribution in [2.24, 2.45) is 23.7 Å². The highest BCUT2D eigenvalue weighted by molar-refractivity contribution is 7.89. The molecule has 1 fully saturated rings. The van der Waals surface area contributed by atoms with Gasteiger partial charge in [-0.2, -0.15) is 0 Å². The summed E-state index contributed by atoms with van der Waals surface area (Å²) in [6.45, 7) is 13.3. The monoisotopic (exact) mass is 518 g/mol. The Bertz CT molecular complexity index is 1010. The van der Waals surface area contributed by atoms with Gasteiger partial charge in [-0.1, -0.05) is 41.5 Å². The molecule has 2 amide bonds. The van der Waals surface area contributed by atoms with E-state index in [1.54, 1.807) is 16.4 Å². The number of carbonyl (C=O) groups excluding carboxylic acids is 2. The van der Waals surface area contributed by atoms with Crippen molar-refractivity contribution in [1.82, 2.24) is 19.5 Å². The van der Waals surface area contributed by atoms with Crippen molar-refractivity contribution in [1.29, 1.82) is 0 Å². The molecule has 8 nitrogen and oxygen atoms in total. The lowest BCUT2D eigenvalue weighted by molar-refractivity contribution is -0.128. The minimum atomic E-state index is -3.76. The summed E-state index contributed by atoms with van der Waals surface area (Å²) in [5.41, 5.74) is 0.721. The number of halogens is 1. The number of thiazole rings is 1. The van der Waals surface area contributed by atoms with E-state index in [1.807, 2.05) is 13.8 Å². The predicted octanol–water partition coefficient (Wildman–Crippen LogP) is 3.12. The predicted molar refractivity (Wildman–Crippen MR) is 133 cm³/mol. The van der Waals surface area contributed by atoms with E-state index in [9.17, 15) is 18.0 Å². The molecule has 3 rings (SSSR count). The van der Waals surface area contributed by atoms with Crippen LogP contribution in [-0.2, 0) is 21.4 Å². The second-order valence-electron chi connectivity index (χ2n) is 9.69. The molecule has 186 valence electrons. The van der Waals surface area contributed by atoms with Crippen LogP contribution in [0.5, 0.6) is 0 Å². The Morgan fingerprint density at radius 3 is 2.33 bits per heavy atom. The standard InChI is InChI=1S/C22H34N4O4S2.ClH/c1-12(2)18-20-16(26(22(18)28)32(7,29)30)8-9-25(20)21(27)15-11-31-17(24-15)10-23-19(13(3)4)14(5)6;/h8,11-14,18-20,23H,9-10H2,1-7H3;1H/t18-,20+;/m1./s1. The number of amides is 2. The lowest BCUT2D eigenvalue weighted by atomic mass is 9.89. The van der Waals surface area contributed by atoms with Gasteiger partial charge in [-0.05, 0) is 23.8 Å². The molecule has 2 atom stereocenters. The van der Waals surface area contributed by atoms with Crippen molar-refractivity contribution >= 4 is 45.6 Å². The minimum absolute atomic E-state index is 0. The van der Waals surface area contributed by atoms with Gasteiger partial charge < -0.3 is 10.2 Å². The maximum Gasteiger partial charge on any atom is 0.274 e. The Morgan fingerprint density at radius 2 is 1.82 bits per heavy atom. The van der Waals surface area contributed by atoms with Crippen LogP contribution in [0.4, 0.5) is 0 Å². The number of fused-ring (bicyclic) bond motifs is 1. The number of nitrogens with zero attached hydrogens (tertiary/aromatic N) is 3.